The molecule has 0 aliphatic carbocycles. The molecular weight excluding hydrogens is 306 g/mol. The van der Waals surface area contributed by atoms with E-state index in [0.717, 1.165) is 13.0 Å². The molecule has 3 nitrogen and oxygen atoms in total. The predicted octanol–water partition coefficient (Wildman–Crippen LogP) is 6.04. The fraction of sp³-hybridized carbons (Fsp3) is 0.864. The lowest BCUT2D eigenvalue weighted by molar-refractivity contribution is 0.183. The Morgan fingerprint density at radius 1 is 0.960 bits per heavy atom. The molecule has 0 fully saturated rings. The molecule has 2 atom stereocenters. The van der Waals surface area contributed by atoms with Gasteiger partial charge in [-0.15, -0.1) is 0 Å². The molecule has 0 aromatic carbocycles. The predicted molar refractivity (Wildman–Crippen MR) is 112 cm³/mol. The Labute approximate surface area is 157 Å². The maximum Gasteiger partial charge on any atom is 0.103 e. The zero-order valence-corrected chi connectivity index (χ0v) is 17.0. The van der Waals surface area contributed by atoms with Gasteiger partial charge in [-0.05, 0) is 39.0 Å². The van der Waals surface area contributed by atoms with E-state index < -0.39 is 0 Å². The van der Waals surface area contributed by atoms with Gasteiger partial charge in [0.15, 0.2) is 0 Å². The van der Waals surface area contributed by atoms with Crippen LogP contribution in [0.3, 0.4) is 0 Å². The lowest BCUT2D eigenvalue weighted by atomic mass is 10.1. The summed E-state index contributed by atoms with van der Waals surface area (Å²) in [6.45, 7) is 5.25. The first-order valence-electron chi connectivity index (χ1n) is 10.9. The van der Waals surface area contributed by atoms with Crippen LogP contribution in [0.25, 0.3) is 0 Å². The lowest BCUT2D eigenvalue weighted by Gasteiger charge is -2.26. The minimum atomic E-state index is 0.111. The second-order valence-electron chi connectivity index (χ2n) is 7.62. The highest BCUT2D eigenvalue weighted by Crippen LogP contribution is 2.16. The Hall–Kier alpha value is -0.670. The topological polar surface area (TPSA) is 41.6 Å². The standard InChI is InChI=1S/C22H43N3/c1-3-4-5-6-7-8-9-10-11-12-13-14-15-16-17-18-22-24-19-20-25(22)21(2)23/h14-15,19,21-22H,3-13,16-18,20,23H2,1-2H3/b15-14+. The first kappa shape index (κ1) is 22.4. The van der Waals surface area contributed by atoms with Gasteiger partial charge in [0, 0.05) is 12.8 Å². The highest BCUT2D eigenvalue weighted by atomic mass is 15.3. The van der Waals surface area contributed by atoms with Crippen LogP contribution in [0.2, 0.25) is 0 Å². The molecule has 0 radical (unpaired) electrons. The van der Waals surface area contributed by atoms with Gasteiger partial charge in [0.2, 0.25) is 0 Å². The van der Waals surface area contributed by atoms with Crippen molar-refractivity contribution in [3.63, 3.8) is 0 Å². The van der Waals surface area contributed by atoms with E-state index in [1.165, 1.54) is 83.5 Å². The van der Waals surface area contributed by atoms with Gasteiger partial charge < -0.3 is 5.73 Å². The third-order valence-corrected chi connectivity index (χ3v) is 5.20. The van der Waals surface area contributed by atoms with Gasteiger partial charge in [0.05, 0.1) is 6.17 Å². The van der Waals surface area contributed by atoms with Crippen LogP contribution >= 0.6 is 0 Å². The maximum atomic E-state index is 5.98. The second kappa shape index (κ2) is 15.6. The Morgan fingerprint density at radius 3 is 2.12 bits per heavy atom. The van der Waals surface area contributed by atoms with Crippen molar-refractivity contribution < 1.29 is 0 Å². The maximum absolute atomic E-state index is 5.98. The van der Waals surface area contributed by atoms with Gasteiger partial charge in [-0.3, -0.25) is 9.89 Å². The van der Waals surface area contributed by atoms with Crippen LogP contribution in [0.4, 0.5) is 0 Å². The van der Waals surface area contributed by atoms with Crippen LogP contribution in [-0.4, -0.2) is 30.0 Å². The van der Waals surface area contributed by atoms with Crippen LogP contribution in [0.5, 0.6) is 0 Å². The molecule has 0 aromatic heterocycles. The van der Waals surface area contributed by atoms with E-state index in [2.05, 4.69) is 29.0 Å². The molecule has 0 spiro atoms. The summed E-state index contributed by atoms with van der Waals surface area (Å²) in [5, 5.41) is 0. The van der Waals surface area contributed by atoms with Crippen LogP contribution in [0.1, 0.15) is 104 Å². The van der Waals surface area contributed by atoms with Crippen molar-refractivity contribution in [3.8, 4) is 0 Å². The summed E-state index contributed by atoms with van der Waals surface area (Å²) in [4.78, 5) is 6.81. The van der Waals surface area contributed by atoms with E-state index in [4.69, 9.17) is 5.73 Å². The second-order valence-corrected chi connectivity index (χ2v) is 7.62. The minimum Gasteiger partial charge on any atom is -0.316 e. The monoisotopic (exact) mass is 349 g/mol. The minimum absolute atomic E-state index is 0.111. The first-order chi connectivity index (χ1) is 12.3. The summed E-state index contributed by atoms with van der Waals surface area (Å²) in [5.74, 6) is 0. The average molecular weight is 350 g/mol. The molecule has 146 valence electrons. The van der Waals surface area contributed by atoms with Crippen LogP contribution in [0, 0.1) is 0 Å². The molecule has 1 aliphatic rings. The number of hydrogen-bond acceptors (Lipinski definition) is 3. The molecule has 2 N–H and O–H groups in total. The first-order valence-corrected chi connectivity index (χ1v) is 10.9. The Bertz CT molecular complexity index is 349. The average Bonchev–Trinajstić information content (AvgIpc) is 3.07. The van der Waals surface area contributed by atoms with Gasteiger partial charge in [0.25, 0.3) is 0 Å². The van der Waals surface area contributed by atoms with Crippen LogP contribution < -0.4 is 5.73 Å². The number of rotatable bonds is 16. The zero-order valence-electron chi connectivity index (χ0n) is 17.0. The van der Waals surface area contributed by atoms with Crippen molar-refractivity contribution in [2.24, 2.45) is 10.7 Å². The summed E-state index contributed by atoms with van der Waals surface area (Å²) >= 11 is 0. The van der Waals surface area contributed by atoms with E-state index in [-0.39, 0.29) is 6.17 Å². The van der Waals surface area contributed by atoms with Crippen molar-refractivity contribution >= 4 is 6.21 Å². The molecular formula is C22H43N3. The van der Waals surface area contributed by atoms with Gasteiger partial charge in [0.1, 0.15) is 6.17 Å². The zero-order chi connectivity index (χ0) is 18.2. The smallest absolute Gasteiger partial charge is 0.103 e. The number of unbranched alkanes of at least 4 members (excludes halogenated alkanes) is 11. The number of allylic oxidation sites excluding steroid dienone is 2. The van der Waals surface area contributed by atoms with Crippen LogP contribution in [0.15, 0.2) is 17.1 Å². The fourth-order valence-electron chi connectivity index (χ4n) is 3.55. The summed E-state index contributed by atoms with van der Waals surface area (Å²) in [5.41, 5.74) is 5.98. The molecule has 2 unspecified atom stereocenters. The molecule has 0 amide bonds. The van der Waals surface area contributed by atoms with Crippen molar-refractivity contribution in [1.29, 1.82) is 0 Å². The van der Waals surface area contributed by atoms with Crippen molar-refractivity contribution in [1.82, 2.24) is 4.90 Å². The molecule has 0 aromatic rings. The van der Waals surface area contributed by atoms with E-state index >= 15 is 0 Å². The SMILES string of the molecule is CCCCCCCCCCCC/C=C/CCCC1N=CCN1C(C)N. The molecule has 0 saturated carbocycles. The molecule has 1 heterocycles. The van der Waals surface area contributed by atoms with Gasteiger partial charge >= 0.3 is 0 Å². The van der Waals surface area contributed by atoms with Gasteiger partial charge in [-0.1, -0.05) is 76.9 Å². The van der Waals surface area contributed by atoms with E-state index in [1.54, 1.807) is 0 Å². The summed E-state index contributed by atoms with van der Waals surface area (Å²) in [7, 11) is 0. The number of nitrogens with two attached hydrogens (primary N) is 1. The third-order valence-electron chi connectivity index (χ3n) is 5.20. The highest BCUT2D eigenvalue weighted by Gasteiger charge is 2.22. The molecule has 25 heavy (non-hydrogen) atoms. The Balaban J connectivity index is 1.84. The fourth-order valence-corrected chi connectivity index (χ4v) is 3.55. The van der Waals surface area contributed by atoms with Crippen molar-refractivity contribution in [2.45, 2.75) is 116 Å². The Morgan fingerprint density at radius 2 is 1.52 bits per heavy atom. The quantitative estimate of drug-likeness (QED) is 0.272. The van der Waals surface area contributed by atoms with Crippen molar-refractivity contribution in [2.75, 3.05) is 6.54 Å². The van der Waals surface area contributed by atoms with Gasteiger partial charge in [-0.25, -0.2) is 0 Å². The lowest BCUT2D eigenvalue weighted by Crippen LogP contribution is -2.43. The molecule has 3 heteroatoms. The number of hydrogen-bond donors (Lipinski definition) is 1. The van der Waals surface area contributed by atoms with E-state index in [1.807, 2.05) is 13.1 Å². The largest absolute Gasteiger partial charge is 0.316 e. The molecule has 0 bridgehead atoms. The van der Waals surface area contributed by atoms with E-state index in [0.29, 0.717) is 6.17 Å². The summed E-state index contributed by atoms with van der Waals surface area (Å²) in [6, 6.07) is 0. The molecule has 1 aliphatic heterocycles. The highest BCUT2D eigenvalue weighted by molar-refractivity contribution is 5.62. The summed E-state index contributed by atoms with van der Waals surface area (Å²) < 4.78 is 0. The normalized spacial score (nSPS) is 19.2. The van der Waals surface area contributed by atoms with Crippen molar-refractivity contribution in [3.05, 3.63) is 12.2 Å². The van der Waals surface area contributed by atoms with Gasteiger partial charge in [-0.2, -0.15) is 0 Å². The molecule has 0 saturated heterocycles. The summed E-state index contributed by atoms with van der Waals surface area (Å²) in [6.07, 6.45) is 26.1. The Kier molecular flexibility index (Phi) is 13.9. The number of aliphatic imine (C=N–C) groups is 1. The van der Waals surface area contributed by atoms with Crippen LogP contribution in [-0.2, 0) is 0 Å². The van der Waals surface area contributed by atoms with E-state index in [9.17, 15) is 0 Å². The number of nitrogens with zero attached hydrogens (tertiary/aromatic N) is 2. The molecule has 1 rings (SSSR count). The third kappa shape index (κ3) is 11.5.